The van der Waals surface area contributed by atoms with E-state index in [1.54, 1.807) is 0 Å². The largest absolute Gasteiger partial charge is 1.00 e. The standard InChI is InChI=1S/C8H4Cl2O4.2Ag/c9-5-1-3(7(11)12)6(10)2-4(5)8(13)14;;/h1-2H,(H,11,12)(H,13,14);;/q;2*+1/p-2. The number of hydrogen-bond acceptors (Lipinski definition) is 4. The van der Waals surface area contributed by atoms with Crippen LogP contribution in [0.15, 0.2) is 12.1 Å². The molecule has 0 unspecified atom stereocenters. The Morgan fingerprint density at radius 2 is 1.12 bits per heavy atom. The van der Waals surface area contributed by atoms with Crippen LogP contribution in [-0.4, -0.2) is 11.9 Å². The summed E-state index contributed by atoms with van der Waals surface area (Å²) in [4.78, 5) is 20.9. The van der Waals surface area contributed by atoms with Crippen LogP contribution in [-0.2, 0) is 44.8 Å². The van der Waals surface area contributed by atoms with Crippen molar-refractivity contribution < 1.29 is 64.6 Å². The van der Waals surface area contributed by atoms with E-state index in [0.29, 0.717) is 0 Å². The van der Waals surface area contributed by atoms with Gasteiger partial charge in [-0.05, 0) is 12.1 Å². The van der Waals surface area contributed by atoms with Crippen molar-refractivity contribution in [2.45, 2.75) is 0 Å². The molecular formula is C8H2Ag2Cl2O4. The molecule has 0 aliphatic rings. The fourth-order valence-electron chi connectivity index (χ4n) is 0.860. The number of carbonyl (C=O) groups is 2. The van der Waals surface area contributed by atoms with Crippen molar-refractivity contribution >= 4 is 35.1 Å². The molecule has 0 aliphatic heterocycles. The summed E-state index contributed by atoms with van der Waals surface area (Å²) >= 11 is 10.9. The van der Waals surface area contributed by atoms with Crippen molar-refractivity contribution in [1.82, 2.24) is 0 Å². The van der Waals surface area contributed by atoms with Crippen LogP contribution in [0.4, 0.5) is 0 Å². The Bertz CT molecular complexity index is 383. The minimum Gasteiger partial charge on any atom is -0.545 e. The molecule has 8 heteroatoms. The Hall–Kier alpha value is 0.221. The molecule has 0 aromatic heterocycles. The van der Waals surface area contributed by atoms with Gasteiger partial charge in [-0.3, -0.25) is 0 Å². The Morgan fingerprint density at radius 1 is 0.875 bits per heavy atom. The Balaban J connectivity index is 0. The predicted molar refractivity (Wildman–Crippen MR) is 45.1 cm³/mol. The van der Waals surface area contributed by atoms with Gasteiger partial charge < -0.3 is 19.8 Å². The third-order valence-electron chi connectivity index (χ3n) is 1.50. The molecule has 4 nitrogen and oxygen atoms in total. The number of hydrogen-bond donors (Lipinski definition) is 0. The number of benzene rings is 1. The van der Waals surface area contributed by atoms with Crippen LogP contribution < -0.4 is 10.2 Å². The fourth-order valence-corrected chi connectivity index (χ4v) is 1.34. The summed E-state index contributed by atoms with van der Waals surface area (Å²) in [6.45, 7) is 0. The molecule has 1 rings (SSSR count). The van der Waals surface area contributed by atoms with Crippen LogP contribution in [0.1, 0.15) is 20.7 Å². The maximum atomic E-state index is 10.4. The number of carbonyl (C=O) groups excluding carboxylic acids is 2. The summed E-state index contributed by atoms with van der Waals surface area (Å²) in [5, 5.41) is 20.4. The third kappa shape index (κ3) is 4.24. The summed E-state index contributed by atoms with van der Waals surface area (Å²) in [6.07, 6.45) is 0. The molecule has 1 aromatic carbocycles. The Labute approximate surface area is 132 Å². The van der Waals surface area contributed by atoms with Gasteiger partial charge in [-0.25, -0.2) is 0 Å². The average Bonchev–Trinajstić information content (AvgIpc) is 2.07. The van der Waals surface area contributed by atoms with E-state index in [1.807, 2.05) is 0 Å². The minimum absolute atomic E-state index is 0. The minimum atomic E-state index is -1.53. The van der Waals surface area contributed by atoms with E-state index in [2.05, 4.69) is 0 Å². The molecule has 16 heavy (non-hydrogen) atoms. The van der Waals surface area contributed by atoms with Crippen molar-refractivity contribution in [2.24, 2.45) is 0 Å². The van der Waals surface area contributed by atoms with Crippen molar-refractivity contribution in [3.63, 3.8) is 0 Å². The van der Waals surface area contributed by atoms with Crippen LogP contribution in [0.2, 0.25) is 10.0 Å². The van der Waals surface area contributed by atoms with Crippen LogP contribution >= 0.6 is 23.2 Å². The first-order valence-electron chi connectivity index (χ1n) is 3.35. The van der Waals surface area contributed by atoms with Crippen LogP contribution in [0.3, 0.4) is 0 Å². The zero-order chi connectivity index (χ0) is 10.9. The summed E-state index contributed by atoms with van der Waals surface area (Å²) in [7, 11) is 0. The zero-order valence-electron chi connectivity index (χ0n) is 7.15. The van der Waals surface area contributed by atoms with Crippen molar-refractivity contribution in [3.8, 4) is 0 Å². The van der Waals surface area contributed by atoms with Crippen molar-refractivity contribution in [3.05, 3.63) is 33.3 Å². The molecule has 0 fully saturated rings. The molecule has 1 aromatic rings. The molecule has 0 atom stereocenters. The normalized spacial score (nSPS) is 8.62. The topological polar surface area (TPSA) is 80.3 Å². The second-order valence-electron chi connectivity index (χ2n) is 2.39. The molecule has 0 radical (unpaired) electrons. The molecular weight excluding hydrogens is 447 g/mol. The monoisotopic (exact) mass is 446 g/mol. The molecule has 94 valence electrons. The maximum Gasteiger partial charge on any atom is 1.00 e. The van der Waals surface area contributed by atoms with E-state index in [1.165, 1.54) is 0 Å². The summed E-state index contributed by atoms with van der Waals surface area (Å²) in [5.41, 5.74) is -0.719. The smallest absolute Gasteiger partial charge is 0.545 e. The number of rotatable bonds is 2. The van der Waals surface area contributed by atoms with Gasteiger partial charge in [0, 0.05) is 11.1 Å². The number of aromatic carboxylic acids is 2. The second-order valence-corrected chi connectivity index (χ2v) is 3.20. The number of halogens is 2. The van der Waals surface area contributed by atoms with E-state index in [4.69, 9.17) is 23.2 Å². The quantitative estimate of drug-likeness (QED) is 0.583. The van der Waals surface area contributed by atoms with E-state index < -0.39 is 11.9 Å². The van der Waals surface area contributed by atoms with E-state index >= 15 is 0 Å². The maximum absolute atomic E-state index is 10.4. The third-order valence-corrected chi connectivity index (χ3v) is 2.12. The molecule has 0 saturated heterocycles. The predicted octanol–water partition coefficient (Wildman–Crippen LogP) is -0.285. The molecule has 0 bridgehead atoms. The Morgan fingerprint density at radius 3 is 1.31 bits per heavy atom. The zero-order valence-corrected chi connectivity index (χ0v) is 11.6. The first-order valence-corrected chi connectivity index (χ1v) is 4.11. The summed E-state index contributed by atoms with van der Waals surface area (Å²) in [5.74, 6) is -3.05. The van der Waals surface area contributed by atoms with Gasteiger partial charge in [0.2, 0.25) is 0 Å². The van der Waals surface area contributed by atoms with E-state index in [9.17, 15) is 19.8 Å². The molecule has 0 heterocycles. The second kappa shape index (κ2) is 7.53. The molecule has 0 aliphatic carbocycles. The van der Waals surface area contributed by atoms with Gasteiger partial charge in [0.05, 0.1) is 22.0 Å². The molecule has 0 spiro atoms. The van der Waals surface area contributed by atoms with Gasteiger partial charge in [0.1, 0.15) is 0 Å². The van der Waals surface area contributed by atoms with Gasteiger partial charge >= 0.3 is 44.8 Å². The number of carboxylic acids is 2. The first-order chi connectivity index (χ1) is 6.43. The van der Waals surface area contributed by atoms with Gasteiger partial charge in [0.25, 0.3) is 0 Å². The number of carboxylic acid groups (broad SMARTS) is 2. The van der Waals surface area contributed by atoms with E-state index in [0.717, 1.165) is 12.1 Å². The van der Waals surface area contributed by atoms with Crippen molar-refractivity contribution in [2.75, 3.05) is 0 Å². The average molecular weight is 449 g/mol. The van der Waals surface area contributed by atoms with Gasteiger partial charge in [-0.2, -0.15) is 0 Å². The SMILES string of the molecule is O=C([O-])c1cc(Cl)c(C(=O)[O-])cc1Cl.[Ag+].[Ag+]. The molecule has 0 N–H and O–H groups in total. The molecule has 0 amide bonds. The van der Waals surface area contributed by atoms with Crippen LogP contribution in [0.5, 0.6) is 0 Å². The van der Waals surface area contributed by atoms with Crippen LogP contribution in [0, 0.1) is 0 Å². The summed E-state index contributed by atoms with van der Waals surface area (Å²) < 4.78 is 0. The van der Waals surface area contributed by atoms with Gasteiger partial charge in [-0.1, -0.05) is 23.2 Å². The first kappa shape index (κ1) is 18.6. The summed E-state index contributed by atoms with van der Waals surface area (Å²) in [6, 6.07) is 1.81. The Kier molecular flexibility index (Phi) is 8.74. The van der Waals surface area contributed by atoms with Crippen molar-refractivity contribution in [1.29, 1.82) is 0 Å². The van der Waals surface area contributed by atoms with E-state index in [-0.39, 0.29) is 65.9 Å². The molecule has 0 saturated carbocycles. The van der Waals surface area contributed by atoms with Gasteiger partial charge in [-0.15, -0.1) is 0 Å². The van der Waals surface area contributed by atoms with Gasteiger partial charge in [0.15, 0.2) is 0 Å². The fraction of sp³-hybridized carbons (Fsp3) is 0. The van der Waals surface area contributed by atoms with Crippen LogP contribution in [0.25, 0.3) is 0 Å².